The summed E-state index contributed by atoms with van der Waals surface area (Å²) in [6.07, 6.45) is 0.109. The van der Waals surface area contributed by atoms with Gasteiger partial charge in [0.1, 0.15) is 17.6 Å². The lowest BCUT2D eigenvalue weighted by Gasteiger charge is -2.36. The molecule has 7 nitrogen and oxygen atoms in total. The predicted octanol–water partition coefficient (Wildman–Crippen LogP) is 3.06. The molecule has 0 saturated carbocycles. The molecule has 1 heterocycles. The molecule has 1 fully saturated rings. The summed E-state index contributed by atoms with van der Waals surface area (Å²) in [4.78, 5) is 12.7. The van der Waals surface area contributed by atoms with Gasteiger partial charge in [-0.15, -0.1) is 0 Å². The van der Waals surface area contributed by atoms with E-state index in [2.05, 4.69) is 10.0 Å². The van der Waals surface area contributed by atoms with Crippen LogP contribution in [0.4, 0.5) is 10.1 Å². The highest BCUT2D eigenvalue weighted by atomic mass is 35.5. The molecule has 3 rings (SSSR count). The van der Waals surface area contributed by atoms with Crippen molar-refractivity contribution in [1.29, 1.82) is 0 Å². The molecular formula is C17H16Cl2FN3O4S. The van der Waals surface area contributed by atoms with Crippen LogP contribution in [0.1, 0.15) is 18.0 Å². The highest BCUT2D eigenvalue weighted by molar-refractivity contribution is 7.87. The number of aromatic hydroxyl groups is 1. The Morgan fingerprint density at radius 2 is 1.96 bits per heavy atom. The largest absolute Gasteiger partial charge is 0.506 e. The number of carbonyl (C=O) groups excluding carboxylic acids is 1. The molecule has 3 N–H and O–H groups in total. The summed E-state index contributed by atoms with van der Waals surface area (Å²) in [7, 11) is -2.67. The zero-order valence-corrected chi connectivity index (χ0v) is 16.8. The third-order valence-electron chi connectivity index (χ3n) is 4.43. The van der Waals surface area contributed by atoms with Gasteiger partial charge in [0.15, 0.2) is 0 Å². The molecule has 2 aromatic rings. The van der Waals surface area contributed by atoms with E-state index in [9.17, 15) is 22.7 Å². The Labute approximate surface area is 171 Å². The summed E-state index contributed by atoms with van der Waals surface area (Å²) in [6.45, 7) is 0. The minimum atomic E-state index is -3.95. The Morgan fingerprint density at radius 3 is 2.61 bits per heavy atom. The van der Waals surface area contributed by atoms with Gasteiger partial charge in [-0.1, -0.05) is 29.3 Å². The molecule has 0 spiro atoms. The molecule has 1 saturated heterocycles. The first-order valence-corrected chi connectivity index (χ1v) is 10.3. The molecule has 1 aliphatic rings. The van der Waals surface area contributed by atoms with Gasteiger partial charge in [0.05, 0.1) is 10.0 Å². The molecule has 2 unspecified atom stereocenters. The smallest absolute Gasteiger partial charge is 0.280 e. The van der Waals surface area contributed by atoms with Crippen molar-refractivity contribution < 1.29 is 22.7 Å². The number of amides is 1. The number of hydrogen-bond acceptors (Lipinski definition) is 4. The minimum absolute atomic E-state index is 0.0672. The molecule has 150 valence electrons. The van der Waals surface area contributed by atoms with Gasteiger partial charge < -0.3 is 10.4 Å². The molecule has 28 heavy (non-hydrogen) atoms. The molecule has 1 aliphatic heterocycles. The maximum atomic E-state index is 13.3. The Morgan fingerprint density at radius 1 is 1.25 bits per heavy atom. The number of phenolic OH excluding ortho intramolecular Hbond substituents is 1. The zero-order chi connectivity index (χ0) is 20.6. The quantitative estimate of drug-likeness (QED) is 0.672. The number of halogens is 3. The lowest BCUT2D eigenvalue weighted by atomic mass is 9.99. The minimum Gasteiger partial charge on any atom is -0.506 e. The fourth-order valence-corrected chi connectivity index (χ4v) is 4.51. The van der Waals surface area contributed by atoms with Crippen LogP contribution in [0.3, 0.4) is 0 Å². The summed E-state index contributed by atoms with van der Waals surface area (Å²) < 4.78 is 41.6. The van der Waals surface area contributed by atoms with Crippen LogP contribution in [-0.4, -0.2) is 36.8 Å². The Kier molecular flexibility index (Phi) is 5.83. The monoisotopic (exact) mass is 447 g/mol. The van der Waals surface area contributed by atoms with Gasteiger partial charge in [-0.2, -0.15) is 17.4 Å². The number of nitrogens with one attached hydrogen (secondary N) is 2. The lowest BCUT2D eigenvalue weighted by molar-refractivity contribution is -0.120. The van der Waals surface area contributed by atoms with Crippen molar-refractivity contribution in [2.24, 2.45) is 0 Å². The van der Waals surface area contributed by atoms with Crippen LogP contribution in [0.5, 0.6) is 5.75 Å². The van der Waals surface area contributed by atoms with Crippen molar-refractivity contribution in [3.63, 3.8) is 0 Å². The van der Waals surface area contributed by atoms with Crippen molar-refractivity contribution in [1.82, 2.24) is 9.03 Å². The number of likely N-dealkylation sites (N-methyl/N-ethyl adjacent to an activating group) is 1. The van der Waals surface area contributed by atoms with E-state index in [4.69, 9.17) is 23.2 Å². The first-order valence-electron chi connectivity index (χ1n) is 8.08. The molecule has 0 aliphatic carbocycles. The lowest BCUT2D eigenvalue weighted by Crippen LogP contribution is -2.55. The highest BCUT2D eigenvalue weighted by Gasteiger charge is 2.40. The van der Waals surface area contributed by atoms with E-state index >= 15 is 0 Å². The number of phenols is 1. The van der Waals surface area contributed by atoms with E-state index in [1.54, 1.807) is 0 Å². The van der Waals surface area contributed by atoms with E-state index in [-0.39, 0.29) is 27.9 Å². The van der Waals surface area contributed by atoms with Crippen LogP contribution in [0, 0.1) is 5.82 Å². The Balaban J connectivity index is 1.86. The van der Waals surface area contributed by atoms with Crippen LogP contribution in [0.2, 0.25) is 10.0 Å². The molecule has 0 bridgehead atoms. The molecular weight excluding hydrogens is 432 g/mol. The molecule has 0 radical (unpaired) electrons. The molecule has 1 amide bonds. The zero-order valence-electron chi connectivity index (χ0n) is 14.5. The fourth-order valence-electron chi connectivity index (χ4n) is 2.87. The Bertz CT molecular complexity index is 1040. The van der Waals surface area contributed by atoms with Gasteiger partial charge in [-0.3, -0.25) is 4.79 Å². The maximum Gasteiger partial charge on any atom is 0.280 e. The maximum absolute atomic E-state index is 13.3. The van der Waals surface area contributed by atoms with E-state index in [0.29, 0.717) is 5.56 Å². The average Bonchev–Trinajstić information content (AvgIpc) is 2.62. The van der Waals surface area contributed by atoms with Crippen LogP contribution < -0.4 is 10.0 Å². The number of benzene rings is 2. The van der Waals surface area contributed by atoms with Crippen LogP contribution in [-0.2, 0) is 15.0 Å². The van der Waals surface area contributed by atoms with Gasteiger partial charge in [-0.05, 0) is 42.3 Å². The molecule has 11 heteroatoms. The topological polar surface area (TPSA) is 98.7 Å². The number of hydrogen-bond donors (Lipinski definition) is 3. The van der Waals surface area contributed by atoms with Crippen molar-refractivity contribution in [2.75, 3.05) is 12.4 Å². The second-order valence-corrected chi connectivity index (χ2v) is 8.85. The Hall–Kier alpha value is -1.91. The summed E-state index contributed by atoms with van der Waals surface area (Å²) in [5, 5.41) is 12.0. The first-order chi connectivity index (χ1) is 13.1. The summed E-state index contributed by atoms with van der Waals surface area (Å²) >= 11 is 11.6. The first kappa shape index (κ1) is 20.8. The standard InChI is InChI=1S/C17H16Cl2FN3O4S/c1-23-15(17(25)21-10-3-4-13(20)11(18)7-10)8-14(22-28(23,26)27)9-2-5-16(24)12(19)6-9/h2-7,14-15,22,24H,8H2,1H3,(H,21,25). The SMILES string of the molecule is CN1C(C(=O)Nc2ccc(F)c(Cl)c2)CC(c2ccc(O)c(Cl)c2)NS1(=O)=O. The van der Waals surface area contributed by atoms with E-state index < -0.39 is 34.0 Å². The predicted molar refractivity (Wildman–Crippen MR) is 104 cm³/mol. The second kappa shape index (κ2) is 7.84. The molecule has 2 aromatic carbocycles. The fraction of sp³-hybridized carbons (Fsp3) is 0.235. The second-order valence-electron chi connectivity index (χ2n) is 6.27. The third kappa shape index (κ3) is 4.23. The summed E-state index contributed by atoms with van der Waals surface area (Å²) in [5.41, 5.74) is 0.743. The van der Waals surface area contributed by atoms with E-state index in [1.807, 2.05) is 0 Å². The summed E-state index contributed by atoms with van der Waals surface area (Å²) in [6, 6.07) is 6.20. The van der Waals surface area contributed by atoms with Crippen molar-refractivity contribution >= 4 is 45.0 Å². The number of anilines is 1. The number of nitrogens with zero attached hydrogens (tertiary/aromatic N) is 1. The number of rotatable bonds is 3. The normalized spacial score (nSPS) is 22.0. The van der Waals surface area contributed by atoms with Crippen LogP contribution >= 0.6 is 23.2 Å². The van der Waals surface area contributed by atoms with E-state index in [0.717, 1.165) is 10.4 Å². The third-order valence-corrected chi connectivity index (χ3v) is 6.62. The van der Waals surface area contributed by atoms with Crippen LogP contribution in [0.15, 0.2) is 36.4 Å². The molecule has 0 aromatic heterocycles. The summed E-state index contributed by atoms with van der Waals surface area (Å²) in [5.74, 6) is -1.36. The average molecular weight is 448 g/mol. The van der Waals surface area contributed by atoms with Gasteiger partial charge in [0.25, 0.3) is 10.2 Å². The van der Waals surface area contributed by atoms with Gasteiger partial charge in [-0.25, -0.2) is 4.39 Å². The van der Waals surface area contributed by atoms with Crippen molar-refractivity contribution in [2.45, 2.75) is 18.5 Å². The highest BCUT2D eigenvalue weighted by Crippen LogP contribution is 2.32. The van der Waals surface area contributed by atoms with Crippen molar-refractivity contribution in [3.05, 3.63) is 57.8 Å². The van der Waals surface area contributed by atoms with E-state index in [1.165, 1.54) is 37.4 Å². The van der Waals surface area contributed by atoms with Crippen molar-refractivity contribution in [3.8, 4) is 5.75 Å². The van der Waals surface area contributed by atoms with Gasteiger partial charge in [0, 0.05) is 18.8 Å². The van der Waals surface area contributed by atoms with Gasteiger partial charge >= 0.3 is 0 Å². The number of carbonyl (C=O) groups is 1. The van der Waals surface area contributed by atoms with Gasteiger partial charge in [0.2, 0.25) is 5.91 Å². The molecule has 2 atom stereocenters. The van der Waals surface area contributed by atoms with Crippen LogP contribution in [0.25, 0.3) is 0 Å².